The fraction of sp³-hybridized carbons (Fsp3) is 0.656. The molecule has 0 radical (unpaired) electrons. The summed E-state index contributed by atoms with van der Waals surface area (Å²) in [5, 5.41) is 12.0. The van der Waals surface area contributed by atoms with Crippen LogP contribution in [0.25, 0.3) is 10.8 Å². The predicted molar refractivity (Wildman–Crippen MR) is 148 cm³/mol. The molecule has 190 valence electrons. The van der Waals surface area contributed by atoms with Crippen molar-refractivity contribution in [2.45, 2.75) is 135 Å². The molecule has 2 heteroatoms. The Balaban J connectivity index is 1.45. The largest absolute Gasteiger partial charge is 0.481 e. The molecular formula is C32H50O2. The number of carbonyl (C=O) groups is 1. The number of hydrogen-bond acceptors (Lipinski definition) is 1. The van der Waals surface area contributed by atoms with Crippen LogP contribution in [0.5, 0.6) is 0 Å². The van der Waals surface area contributed by atoms with Gasteiger partial charge < -0.3 is 5.11 Å². The lowest BCUT2D eigenvalue weighted by Crippen LogP contribution is -2.12. The van der Waals surface area contributed by atoms with E-state index in [-0.39, 0.29) is 0 Å². The second-order valence-corrected chi connectivity index (χ2v) is 10.3. The zero-order chi connectivity index (χ0) is 24.3. The van der Waals surface area contributed by atoms with Crippen LogP contribution in [-0.2, 0) is 4.79 Å². The number of rotatable bonds is 21. The molecule has 2 aromatic carbocycles. The molecule has 2 nitrogen and oxygen atoms in total. The SMILES string of the molecule is CCCCCCCCCCCCCCCCCCCCC(C(=O)O)c1cccc2ccccc12. The van der Waals surface area contributed by atoms with Gasteiger partial charge in [-0.2, -0.15) is 0 Å². The Bertz CT molecular complexity index is 776. The minimum Gasteiger partial charge on any atom is -0.481 e. The first-order valence-electron chi connectivity index (χ1n) is 14.4. The van der Waals surface area contributed by atoms with Crippen molar-refractivity contribution in [3.8, 4) is 0 Å². The summed E-state index contributed by atoms with van der Waals surface area (Å²) in [7, 11) is 0. The number of benzene rings is 2. The topological polar surface area (TPSA) is 37.3 Å². The Labute approximate surface area is 209 Å². The summed E-state index contributed by atoms with van der Waals surface area (Å²) >= 11 is 0. The maximum absolute atomic E-state index is 12.0. The van der Waals surface area contributed by atoms with Crippen LogP contribution in [0.1, 0.15) is 140 Å². The third-order valence-corrected chi connectivity index (χ3v) is 7.34. The summed E-state index contributed by atoms with van der Waals surface area (Å²) in [5.41, 5.74) is 0.970. The van der Waals surface area contributed by atoms with Crippen molar-refractivity contribution >= 4 is 16.7 Å². The van der Waals surface area contributed by atoms with Gasteiger partial charge in [0.25, 0.3) is 0 Å². The minimum absolute atomic E-state index is 0.396. The van der Waals surface area contributed by atoms with Gasteiger partial charge in [0, 0.05) is 0 Å². The van der Waals surface area contributed by atoms with Gasteiger partial charge in [-0.25, -0.2) is 0 Å². The lowest BCUT2D eigenvalue weighted by Gasteiger charge is -2.15. The van der Waals surface area contributed by atoms with Gasteiger partial charge in [0.15, 0.2) is 0 Å². The first kappa shape index (κ1) is 28.4. The predicted octanol–water partition coefficient (Wildman–Crippen LogP) is 10.4. The molecule has 2 rings (SSSR count). The average molecular weight is 467 g/mol. The van der Waals surface area contributed by atoms with Gasteiger partial charge in [-0.15, -0.1) is 0 Å². The molecular weight excluding hydrogens is 416 g/mol. The molecule has 0 spiro atoms. The van der Waals surface area contributed by atoms with Crippen LogP contribution < -0.4 is 0 Å². The Morgan fingerprint density at radius 2 is 1.06 bits per heavy atom. The summed E-state index contributed by atoms with van der Waals surface area (Å²) in [6, 6.07) is 14.2. The molecule has 0 aromatic heterocycles. The Morgan fingerprint density at radius 1 is 0.618 bits per heavy atom. The van der Waals surface area contributed by atoms with Crippen LogP contribution in [0.15, 0.2) is 42.5 Å². The highest BCUT2D eigenvalue weighted by molar-refractivity contribution is 5.90. The standard InChI is InChI=1S/C32H50O2/c1-2-3-4-5-6-7-8-9-10-11-12-13-14-15-16-17-18-19-26-31(32(33)34)30-27-22-24-28-23-20-21-25-29(28)30/h20-25,27,31H,2-19,26H2,1H3,(H,33,34). The zero-order valence-corrected chi connectivity index (χ0v) is 21.9. The van der Waals surface area contributed by atoms with Gasteiger partial charge in [0.1, 0.15) is 0 Å². The van der Waals surface area contributed by atoms with Crippen LogP contribution in [0.4, 0.5) is 0 Å². The lowest BCUT2D eigenvalue weighted by atomic mass is 9.89. The minimum atomic E-state index is -0.691. The van der Waals surface area contributed by atoms with Crippen molar-refractivity contribution < 1.29 is 9.90 Å². The number of aliphatic carboxylic acids is 1. The number of unbranched alkanes of at least 4 members (excludes halogenated alkanes) is 17. The zero-order valence-electron chi connectivity index (χ0n) is 21.9. The second-order valence-electron chi connectivity index (χ2n) is 10.3. The molecule has 1 atom stereocenters. The summed E-state index contributed by atoms with van der Waals surface area (Å²) in [4.78, 5) is 12.0. The van der Waals surface area contributed by atoms with Crippen LogP contribution in [0.2, 0.25) is 0 Å². The average Bonchev–Trinajstić information content (AvgIpc) is 2.85. The first-order valence-corrected chi connectivity index (χ1v) is 14.4. The van der Waals surface area contributed by atoms with Crippen molar-refractivity contribution in [1.29, 1.82) is 0 Å². The van der Waals surface area contributed by atoms with E-state index in [1.54, 1.807) is 0 Å². The molecule has 0 bridgehead atoms. The highest BCUT2D eigenvalue weighted by Gasteiger charge is 2.21. The molecule has 0 saturated carbocycles. The normalized spacial score (nSPS) is 12.3. The van der Waals surface area contributed by atoms with E-state index in [2.05, 4.69) is 25.1 Å². The van der Waals surface area contributed by atoms with Crippen molar-refractivity contribution in [1.82, 2.24) is 0 Å². The van der Waals surface area contributed by atoms with E-state index >= 15 is 0 Å². The van der Waals surface area contributed by atoms with Crippen molar-refractivity contribution in [3.63, 3.8) is 0 Å². The molecule has 34 heavy (non-hydrogen) atoms. The van der Waals surface area contributed by atoms with Crippen molar-refractivity contribution in [3.05, 3.63) is 48.0 Å². The van der Waals surface area contributed by atoms with Gasteiger partial charge in [-0.05, 0) is 22.8 Å². The molecule has 0 aliphatic rings. The maximum atomic E-state index is 12.0. The van der Waals surface area contributed by atoms with Gasteiger partial charge in [-0.1, -0.05) is 165 Å². The summed E-state index contributed by atoms with van der Waals surface area (Å²) in [5.74, 6) is -1.09. The van der Waals surface area contributed by atoms with Crippen molar-refractivity contribution in [2.24, 2.45) is 0 Å². The third-order valence-electron chi connectivity index (χ3n) is 7.34. The first-order chi connectivity index (χ1) is 16.7. The van der Waals surface area contributed by atoms with E-state index in [9.17, 15) is 9.90 Å². The lowest BCUT2D eigenvalue weighted by molar-refractivity contribution is -0.139. The molecule has 0 saturated heterocycles. The van der Waals surface area contributed by atoms with E-state index in [0.717, 1.165) is 35.6 Å². The van der Waals surface area contributed by atoms with E-state index in [0.29, 0.717) is 0 Å². The number of hydrogen-bond donors (Lipinski definition) is 1. The van der Waals surface area contributed by atoms with Gasteiger partial charge in [-0.3, -0.25) is 4.79 Å². The molecule has 0 fully saturated rings. The highest BCUT2D eigenvalue weighted by atomic mass is 16.4. The van der Waals surface area contributed by atoms with E-state index in [4.69, 9.17) is 0 Å². The highest BCUT2D eigenvalue weighted by Crippen LogP contribution is 2.30. The number of carboxylic acid groups (broad SMARTS) is 1. The Hall–Kier alpha value is -1.83. The number of carboxylic acids is 1. The van der Waals surface area contributed by atoms with Gasteiger partial charge in [0.05, 0.1) is 5.92 Å². The van der Waals surface area contributed by atoms with Crippen LogP contribution in [0.3, 0.4) is 0 Å². The molecule has 0 amide bonds. The fourth-order valence-corrected chi connectivity index (χ4v) is 5.22. The van der Waals surface area contributed by atoms with Gasteiger partial charge >= 0.3 is 5.97 Å². The van der Waals surface area contributed by atoms with E-state index in [1.807, 2.05) is 24.3 Å². The molecule has 0 heterocycles. The number of fused-ring (bicyclic) bond motifs is 1. The molecule has 1 unspecified atom stereocenters. The Kier molecular flexibility index (Phi) is 15.5. The molecule has 0 aliphatic heterocycles. The fourth-order valence-electron chi connectivity index (χ4n) is 5.22. The summed E-state index contributed by atoms with van der Waals surface area (Å²) < 4.78 is 0. The quantitative estimate of drug-likeness (QED) is 0.186. The second kappa shape index (κ2) is 18.5. The van der Waals surface area contributed by atoms with Crippen LogP contribution in [-0.4, -0.2) is 11.1 Å². The van der Waals surface area contributed by atoms with E-state index < -0.39 is 11.9 Å². The third kappa shape index (κ3) is 11.5. The summed E-state index contributed by atoms with van der Waals surface area (Å²) in [6.45, 7) is 2.29. The van der Waals surface area contributed by atoms with Gasteiger partial charge in [0.2, 0.25) is 0 Å². The summed E-state index contributed by atoms with van der Waals surface area (Å²) in [6.07, 6.45) is 25.2. The van der Waals surface area contributed by atoms with E-state index in [1.165, 1.54) is 103 Å². The molecule has 2 aromatic rings. The van der Waals surface area contributed by atoms with Crippen LogP contribution >= 0.6 is 0 Å². The molecule has 1 N–H and O–H groups in total. The smallest absolute Gasteiger partial charge is 0.310 e. The van der Waals surface area contributed by atoms with Crippen molar-refractivity contribution in [2.75, 3.05) is 0 Å². The molecule has 0 aliphatic carbocycles. The van der Waals surface area contributed by atoms with Crippen LogP contribution in [0, 0.1) is 0 Å². The Morgan fingerprint density at radius 3 is 1.56 bits per heavy atom. The monoisotopic (exact) mass is 466 g/mol. The maximum Gasteiger partial charge on any atom is 0.310 e.